The van der Waals surface area contributed by atoms with Gasteiger partial charge in [-0.1, -0.05) is 60.7 Å². The standard InChI is InChI=1S/C27H26N4.2ClH/c1-3-8-23(9-4-1)25-18-22(19-26(20-25)24-10-5-2-6-11-24)21-30-14-16-31(17-15-30)27-28-12-7-13-29-27;;/h1-13,18-20H,14-17,21H2;2*1H. The van der Waals surface area contributed by atoms with E-state index in [9.17, 15) is 0 Å². The average Bonchev–Trinajstić information content (AvgIpc) is 2.86. The van der Waals surface area contributed by atoms with Crippen LogP contribution in [0.1, 0.15) is 5.56 Å². The lowest BCUT2D eigenvalue weighted by molar-refractivity contribution is 0.249. The highest BCUT2D eigenvalue weighted by atomic mass is 35.5. The zero-order chi connectivity index (χ0) is 20.9. The number of hydrogen-bond acceptors (Lipinski definition) is 4. The summed E-state index contributed by atoms with van der Waals surface area (Å²) in [5.41, 5.74) is 6.41. The van der Waals surface area contributed by atoms with Gasteiger partial charge in [-0.05, 0) is 52.1 Å². The Labute approximate surface area is 208 Å². The SMILES string of the molecule is Cl.Cl.c1ccc(-c2cc(CN3CCN(c4ncccn4)CC3)cc(-c3ccccc3)c2)cc1. The first-order valence-electron chi connectivity index (χ1n) is 10.8. The Morgan fingerprint density at radius 3 is 1.61 bits per heavy atom. The fraction of sp³-hybridized carbons (Fsp3) is 0.185. The maximum absolute atomic E-state index is 4.40. The molecule has 0 bridgehead atoms. The highest BCUT2D eigenvalue weighted by Gasteiger charge is 2.19. The van der Waals surface area contributed by atoms with Crippen LogP contribution in [-0.2, 0) is 6.54 Å². The van der Waals surface area contributed by atoms with Crippen molar-refractivity contribution in [3.63, 3.8) is 0 Å². The third kappa shape index (κ3) is 6.11. The molecule has 1 aromatic heterocycles. The van der Waals surface area contributed by atoms with Crippen LogP contribution in [0, 0.1) is 0 Å². The first kappa shape index (κ1) is 24.7. The Hall–Kier alpha value is -2.92. The van der Waals surface area contributed by atoms with Gasteiger partial charge in [0.05, 0.1) is 0 Å². The number of rotatable bonds is 5. The fourth-order valence-corrected chi connectivity index (χ4v) is 4.20. The molecule has 0 spiro atoms. The number of anilines is 1. The van der Waals surface area contributed by atoms with Crippen molar-refractivity contribution in [1.82, 2.24) is 14.9 Å². The predicted molar refractivity (Wildman–Crippen MR) is 141 cm³/mol. The van der Waals surface area contributed by atoms with Crippen LogP contribution in [0.4, 0.5) is 5.95 Å². The molecule has 5 rings (SSSR count). The van der Waals surface area contributed by atoms with E-state index in [1.807, 2.05) is 18.5 Å². The smallest absolute Gasteiger partial charge is 0.225 e. The number of hydrogen-bond donors (Lipinski definition) is 0. The van der Waals surface area contributed by atoms with Gasteiger partial charge in [-0.15, -0.1) is 24.8 Å². The summed E-state index contributed by atoms with van der Waals surface area (Å²) in [6.45, 7) is 4.87. The van der Waals surface area contributed by atoms with Crippen LogP contribution in [0.3, 0.4) is 0 Å². The molecule has 170 valence electrons. The van der Waals surface area contributed by atoms with Crippen LogP contribution < -0.4 is 4.90 Å². The highest BCUT2D eigenvalue weighted by Crippen LogP contribution is 2.29. The van der Waals surface area contributed by atoms with E-state index in [2.05, 4.69) is 98.6 Å². The molecule has 1 aliphatic rings. The third-order valence-electron chi connectivity index (χ3n) is 5.82. The average molecular weight is 479 g/mol. The van der Waals surface area contributed by atoms with Crippen molar-refractivity contribution in [2.24, 2.45) is 0 Å². The van der Waals surface area contributed by atoms with Gasteiger partial charge in [0.15, 0.2) is 0 Å². The molecule has 0 atom stereocenters. The lowest BCUT2D eigenvalue weighted by atomic mass is 9.96. The van der Waals surface area contributed by atoms with Gasteiger partial charge in [-0.3, -0.25) is 4.90 Å². The van der Waals surface area contributed by atoms with E-state index in [4.69, 9.17) is 0 Å². The van der Waals surface area contributed by atoms with Crippen molar-refractivity contribution in [2.75, 3.05) is 31.1 Å². The zero-order valence-corrected chi connectivity index (χ0v) is 20.0. The second-order valence-corrected chi connectivity index (χ2v) is 7.96. The minimum absolute atomic E-state index is 0. The van der Waals surface area contributed by atoms with E-state index in [1.54, 1.807) is 0 Å². The number of nitrogens with zero attached hydrogens (tertiary/aromatic N) is 4. The molecule has 0 amide bonds. The molecule has 33 heavy (non-hydrogen) atoms. The van der Waals surface area contributed by atoms with Gasteiger partial charge < -0.3 is 4.90 Å². The summed E-state index contributed by atoms with van der Waals surface area (Å²) in [6.07, 6.45) is 3.63. The number of benzene rings is 3. The van der Waals surface area contributed by atoms with Crippen molar-refractivity contribution in [1.29, 1.82) is 0 Å². The van der Waals surface area contributed by atoms with E-state index >= 15 is 0 Å². The number of halogens is 2. The van der Waals surface area contributed by atoms with Crippen LogP contribution in [0.2, 0.25) is 0 Å². The highest BCUT2D eigenvalue weighted by molar-refractivity contribution is 5.85. The van der Waals surface area contributed by atoms with E-state index in [0.29, 0.717) is 0 Å². The maximum atomic E-state index is 4.40. The molecule has 2 heterocycles. The van der Waals surface area contributed by atoms with E-state index < -0.39 is 0 Å². The first-order valence-corrected chi connectivity index (χ1v) is 10.8. The van der Waals surface area contributed by atoms with Crippen LogP contribution in [0.25, 0.3) is 22.3 Å². The number of aromatic nitrogens is 2. The van der Waals surface area contributed by atoms with Crippen molar-refractivity contribution < 1.29 is 0 Å². The van der Waals surface area contributed by atoms with Gasteiger partial charge in [0.1, 0.15) is 0 Å². The molecule has 4 aromatic rings. The minimum atomic E-state index is 0. The van der Waals surface area contributed by atoms with E-state index in [0.717, 1.165) is 38.7 Å². The van der Waals surface area contributed by atoms with Crippen LogP contribution in [0.15, 0.2) is 97.3 Å². The Morgan fingerprint density at radius 2 is 1.09 bits per heavy atom. The van der Waals surface area contributed by atoms with Crippen LogP contribution >= 0.6 is 24.8 Å². The Morgan fingerprint density at radius 1 is 0.576 bits per heavy atom. The lowest BCUT2D eigenvalue weighted by Crippen LogP contribution is -2.46. The molecule has 0 saturated carbocycles. The first-order chi connectivity index (χ1) is 15.3. The summed E-state index contributed by atoms with van der Waals surface area (Å²) in [4.78, 5) is 13.6. The Balaban J connectivity index is 0.00000153. The van der Waals surface area contributed by atoms with Gasteiger partial charge in [0, 0.05) is 45.1 Å². The summed E-state index contributed by atoms with van der Waals surface area (Å²) < 4.78 is 0. The van der Waals surface area contributed by atoms with Gasteiger partial charge in [0.25, 0.3) is 0 Å². The summed E-state index contributed by atoms with van der Waals surface area (Å²) in [6, 6.07) is 30.2. The molecule has 1 aliphatic heterocycles. The van der Waals surface area contributed by atoms with Crippen molar-refractivity contribution in [2.45, 2.75) is 6.54 Å². The molecule has 1 fully saturated rings. The van der Waals surface area contributed by atoms with Gasteiger partial charge >= 0.3 is 0 Å². The second kappa shape index (κ2) is 11.8. The number of piperazine rings is 1. The molecule has 0 radical (unpaired) electrons. The zero-order valence-electron chi connectivity index (χ0n) is 18.4. The third-order valence-corrected chi connectivity index (χ3v) is 5.82. The van der Waals surface area contributed by atoms with Gasteiger partial charge in [-0.2, -0.15) is 0 Å². The molecule has 0 unspecified atom stereocenters. The second-order valence-electron chi connectivity index (χ2n) is 7.96. The minimum Gasteiger partial charge on any atom is -0.338 e. The van der Waals surface area contributed by atoms with E-state index in [1.165, 1.54) is 27.8 Å². The molecule has 0 N–H and O–H groups in total. The van der Waals surface area contributed by atoms with Crippen molar-refractivity contribution in [3.05, 3.63) is 103 Å². The normalized spacial score (nSPS) is 13.6. The van der Waals surface area contributed by atoms with Crippen molar-refractivity contribution >= 4 is 30.8 Å². The lowest BCUT2D eigenvalue weighted by Gasteiger charge is -2.34. The summed E-state index contributed by atoms with van der Waals surface area (Å²) in [5, 5.41) is 0. The molecular weight excluding hydrogens is 451 g/mol. The summed E-state index contributed by atoms with van der Waals surface area (Å²) in [5.74, 6) is 0.833. The molecule has 4 nitrogen and oxygen atoms in total. The molecule has 1 saturated heterocycles. The maximum Gasteiger partial charge on any atom is 0.225 e. The van der Waals surface area contributed by atoms with Crippen LogP contribution in [-0.4, -0.2) is 41.0 Å². The molecule has 6 heteroatoms. The molecule has 0 aliphatic carbocycles. The summed E-state index contributed by atoms with van der Waals surface area (Å²) >= 11 is 0. The van der Waals surface area contributed by atoms with Crippen molar-refractivity contribution in [3.8, 4) is 22.3 Å². The molecule has 3 aromatic carbocycles. The molecular formula is C27H28Cl2N4. The van der Waals surface area contributed by atoms with Gasteiger partial charge in [-0.25, -0.2) is 9.97 Å². The van der Waals surface area contributed by atoms with E-state index in [-0.39, 0.29) is 24.8 Å². The summed E-state index contributed by atoms with van der Waals surface area (Å²) in [7, 11) is 0. The van der Waals surface area contributed by atoms with Gasteiger partial charge in [0.2, 0.25) is 5.95 Å². The monoisotopic (exact) mass is 478 g/mol. The predicted octanol–water partition coefficient (Wildman–Crippen LogP) is 5.98. The topological polar surface area (TPSA) is 32.3 Å². The van der Waals surface area contributed by atoms with Crippen LogP contribution in [0.5, 0.6) is 0 Å². The largest absolute Gasteiger partial charge is 0.338 e. The Kier molecular flexibility index (Phi) is 8.84. The fourth-order valence-electron chi connectivity index (χ4n) is 4.20. The Bertz CT molecular complexity index is 1060. The quantitative estimate of drug-likeness (QED) is 0.353.